The average Bonchev–Trinajstić information content (AvgIpc) is 2.34. The van der Waals surface area contributed by atoms with E-state index in [9.17, 15) is 0 Å². The predicted molar refractivity (Wildman–Crippen MR) is 47.4 cm³/mol. The molecule has 3 unspecified atom stereocenters. The summed E-state index contributed by atoms with van der Waals surface area (Å²) < 4.78 is 0. The zero-order valence-electron chi connectivity index (χ0n) is 6.68. The second kappa shape index (κ2) is 2.77. The highest BCUT2D eigenvalue weighted by atomic mass is 32.2. The normalized spacial score (nSPS) is 47.1. The van der Waals surface area contributed by atoms with Crippen LogP contribution in [0.1, 0.15) is 32.6 Å². The minimum Gasteiger partial charge on any atom is -0.158 e. The topological polar surface area (TPSA) is 0 Å². The van der Waals surface area contributed by atoms with E-state index >= 15 is 0 Å². The van der Waals surface area contributed by atoms with Gasteiger partial charge in [-0.1, -0.05) is 19.8 Å². The molecule has 1 heteroatoms. The van der Waals surface area contributed by atoms with Crippen LogP contribution in [0.15, 0.2) is 0 Å². The molecule has 1 saturated heterocycles. The van der Waals surface area contributed by atoms with Crippen LogP contribution in [-0.4, -0.2) is 11.0 Å². The zero-order valence-corrected chi connectivity index (χ0v) is 7.49. The van der Waals surface area contributed by atoms with Gasteiger partial charge in [-0.25, -0.2) is 0 Å². The minimum atomic E-state index is 0.977. The van der Waals surface area contributed by atoms with Crippen LogP contribution in [0.5, 0.6) is 0 Å². The second-order valence-corrected chi connectivity index (χ2v) is 5.16. The van der Waals surface area contributed by atoms with Gasteiger partial charge in [0.05, 0.1) is 0 Å². The molecule has 0 aromatic heterocycles. The van der Waals surface area contributed by atoms with Crippen LogP contribution in [0.2, 0.25) is 0 Å². The molecule has 10 heavy (non-hydrogen) atoms. The van der Waals surface area contributed by atoms with E-state index in [0.717, 1.165) is 17.1 Å². The van der Waals surface area contributed by atoms with Gasteiger partial charge in [0.1, 0.15) is 0 Å². The van der Waals surface area contributed by atoms with Gasteiger partial charge in [0.15, 0.2) is 0 Å². The predicted octanol–water partition coefficient (Wildman–Crippen LogP) is 2.93. The Morgan fingerprint density at radius 2 is 2.00 bits per heavy atom. The van der Waals surface area contributed by atoms with E-state index in [1.165, 1.54) is 31.4 Å². The third kappa shape index (κ3) is 1.09. The lowest BCUT2D eigenvalue weighted by Crippen LogP contribution is -2.20. The Morgan fingerprint density at radius 1 is 1.20 bits per heavy atom. The van der Waals surface area contributed by atoms with Crippen molar-refractivity contribution in [2.45, 2.75) is 37.9 Å². The quantitative estimate of drug-likeness (QED) is 0.519. The summed E-state index contributed by atoms with van der Waals surface area (Å²) in [6.45, 7) is 2.42. The van der Waals surface area contributed by atoms with Gasteiger partial charge in [0, 0.05) is 5.25 Å². The molecule has 0 spiro atoms. The molecule has 2 rings (SSSR count). The molecule has 2 fully saturated rings. The maximum atomic E-state index is 2.42. The summed E-state index contributed by atoms with van der Waals surface area (Å²) in [7, 11) is 0. The Kier molecular flexibility index (Phi) is 1.94. The second-order valence-electron chi connectivity index (χ2n) is 3.75. The molecule has 1 saturated carbocycles. The highest BCUT2D eigenvalue weighted by Crippen LogP contribution is 2.44. The van der Waals surface area contributed by atoms with Gasteiger partial charge in [-0.15, -0.1) is 0 Å². The summed E-state index contributed by atoms with van der Waals surface area (Å²) in [5, 5.41) is 0.977. The Hall–Kier alpha value is 0.350. The van der Waals surface area contributed by atoms with E-state index in [-0.39, 0.29) is 0 Å². The molecule has 0 amide bonds. The molecule has 58 valence electrons. The maximum absolute atomic E-state index is 2.42. The average molecular weight is 156 g/mol. The number of thioether (sulfide) groups is 1. The summed E-state index contributed by atoms with van der Waals surface area (Å²) in [6.07, 6.45) is 6.07. The minimum absolute atomic E-state index is 0.977. The summed E-state index contributed by atoms with van der Waals surface area (Å²) in [4.78, 5) is 0. The van der Waals surface area contributed by atoms with Crippen LogP contribution in [0.25, 0.3) is 0 Å². The van der Waals surface area contributed by atoms with Crippen molar-refractivity contribution >= 4 is 11.8 Å². The Bertz CT molecular complexity index is 120. The molecule has 1 aliphatic carbocycles. The van der Waals surface area contributed by atoms with Gasteiger partial charge in [-0.2, -0.15) is 11.8 Å². The smallest absolute Gasteiger partial charge is 0.00500 e. The SMILES string of the molecule is CC1SCC2CCCCC21. The molecule has 2 aliphatic rings. The van der Waals surface area contributed by atoms with Crippen LogP contribution in [0.3, 0.4) is 0 Å². The monoisotopic (exact) mass is 156 g/mol. The summed E-state index contributed by atoms with van der Waals surface area (Å²) in [5.41, 5.74) is 0. The molecule has 0 nitrogen and oxygen atoms in total. The van der Waals surface area contributed by atoms with E-state index in [4.69, 9.17) is 0 Å². The molecule has 0 aromatic carbocycles. The van der Waals surface area contributed by atoms with Crippen LogP contribution in [-0.2, 0) is 0 Å². The van der Waals surface area contributed by atoms with Gasteiger partial charge in [-0.05, 0) is 30.4 Å². The highest BCUT2D eigenvalue weighted by molar-refractivity contribution is 8.00. The molecular formula is C9H16S. The molecule has 3 atom stereocenters. The highest BCUT2D eigenvalue weighted by Gasteiger charge is 2.34. The van der Waals surface area contributed by atoms with Crippen LogP contribution >= 0.6 is 11.8 Å². The molecule has 0 aromatic rings. The van der Waals surface area contributed by atoms with Crippen molar-refractivity contribution in [3.63, 3.8) is 0 Å². The third-order valence-corrected chi connectivity index (χ3v) is 4.64. The van der Waals surface area contributed by atoms with Gasteiger partial charge >= 0.3 is 0 Å². The van der Waals surface area contributed by atoms with Gasteiger partial charge in [0.25, 0.3) is 0 Å². The first-order valence-electron chi connectivity index (χ1n) is 4.49. The van der Waals surface area contributed by atoms with Gasteiger partial charge < -0.3 is 0 Å². The number of fused-ring (bicyclic) bond motifs is 1. The largest absolute Gasteiger partial charge is 0.158 e. The van der Waals surface area contributed by atoms with Gasteiger partial charge in [0.2, 0.25) is 0 Å². The van der Waals surface area contributed by atoms with E-state index < -0.39 is 0 Å². The number of rotatable bonds is 0. The first-order chi connectivity index (χ1) is 4.88. The summed E-state index contributed by atoms with van der Waals surface area (Å²) in [6, 6.07) is 0. The molecule has 0 bridgehead atoms. The van der Waals surface area contributed by atoms with Gasteiger partial charge in [-0.3, -0.25) is 0 Å². The Morgan fingerprint density at radius 3 is 2.80 bits per heavy atom. The number of hydrogen-bond acceptors (Lipinski definition) is 1. The lowest BCUT2D eigenvalue weighted by Gasteiger charge is -2.26. The molecule has 0 radical (unpaired) electrons. The van der Waals surface area contributed by atoms with E-state index in [2.05, 4.69) is 18.7 Å². The lowest BCUT2D eigenvalue weighted by molar-refractivity contribution is 0.275. The first kappa shape index (κ1) is 7.02. The lowest BCUT2D eigenvalue weighted by atomic mass is 9.79. The van der Waals surface area contributed by atoms with Crippen molar-refractivity contribution in [3.05, 3.63) is 0 Å². The summed E-state index contributed by atoms with van der Waals surface area (Å²) in [5.74, 6) is 3.67. The fourth-order valence-electron chi connectivity index (χ4n) is 2.46. The molecule has 0 N–H and O–H groups in total. The van der Waals surface area contributed by atoms with Crippen LogP contribution in [0, 0.1) is 11.8 Å². The van der Waals surface area contributed by atoms with Crippen LogP contribution in [0.4, 0.5) is 0 Å². The van der Waals surface area contributed by atoms with Crippen LogP contribution < -0.4 is 0 Å². The van der Waals surface area contributed by atoms with Crippen molar-refractivity contribution < 1.29 is 0 Å². The van der Waals surface area contributed by atoms with Crippen molar-refractivity contribution in [3.8, 4) is 0 Å². The Labute approximate surface area is 67.8 Å². The van der Waals surface area contributed by atoms with E-state index in [0.29, 0.717) is 0 Å². The van der Waals surface area contributed by atoms with Crippen molar-refractivity contribution in [2.24, 2.45) is 11.8 Å². The number of hydrogen-bond donors (Lipinski definition) is 0. The van der Waals surface area contributed by atoms with E-state index in [1.807, 2.05) is 0 Å². The summed E-state index contributed by atoms with van der Waals surface area (Å²) >= 11 is 2.20. The van der Waals surface area contributed by atoms with Crippen molar-refractivity contribution in [1.29, 1.82) is 0 Å². The van der Waals surface area contributed by atoms with Crippen molar-refractivity contribution in [1.82, 2.24) is 0 Å². The molecular weight excluding hydrogens is 140 g/mol. The third-order valence-electron chi connectivity index (χ3n) is 3.14. The fourth-order valence-corrected chi connectivity index (χ4v) is 4.03. The first-order valence-corrected chi connectivity index (χ1v) is 5.54. The maximum Gasteiger partial charge on any atom is 0.00500 e. The fraction of sp³-hybridized carbons (Fsp3) is 1.00. The van der Waals surface area contributed by atoms with E-state index in [1.54, 1.807) is 0 Å². The standard InChI is InChI=1S/C9H16S/c1-7-9-5-3-2-4-8(9)6-10-7/h7-9H,2-6H2,1H3. The Balaban J connectivity index is 2.01. The molecule has 1 heterocycles. The zero-order chi connectivity index (χ0) is 6.97. The van der Waals surface area contributed by atoms with Crippen molar-refractivity contribution in [2.75, 3.05) is 5.75 Å². The molecule has 1 aliphatic heterocycles.